The Bertz CT molecular complexity index is 406. The number of nitrogens with zero attached hydrogens (tertiary/aromatic N) is 2. The van der Waals surface area contributed by atoms with E-state index in [9.17, 15) is 0 Å². The fourth-order valence-electron chi connectivity index (χ4n) is 2.03. The van der Waals surface area contributed by atoms with Gasteiger partial charge in [0.05, 0.1) is 6.07 Å². The van der Waals surface area contributed by atoms with Gasteiger partial charge in [-0.05, 0) is 43.0 Å². The molecule has 1 aromatic carbocycles. The van der Waals surface area contributed by atoms with Gasteiger partial charge in [-0.1, -0.05) is 45.0 Å². The molecular formula is C17H26N2. The minimum atomic E-state index is 0.229. The third-order valence-corrected chi connectivity index (χ3v) is 3.43. The van der Waals surface area contributed by atoms with Crippen molar-refractivity contribution in [3.63, 3.8) is 0 Å². The standard InChI is InChI=1S/C17H26N2/c1-17(2,3)16-9-7-15(8-10-16)11-14-19(4)13-6-5-12-18/h7-10H,5-6,11,13-14H2,1-4H3. The molecule has 0 N–H and O–H groups in total. The van der Waals surface area contributed by atoms with Crippen LogP contribution in [0.1, 0.15) is 44.7 Å². The molecule has 0 radical (unpaired) electrons. The average Bonchev–Trinajstić information content (AvgIpc) is 2.36. The molecule has 0 saturated carbocycles. The van der Waals surface area contributed by atoms with Crippen LogP contribution in [0.2, 0.25) is 0 Å². The first-order valence-electron chi connectivity index (χ1n) is 7.08. The number of rotatable bonds is 6. The Morgan fingerprint density at radius 1 is 1.11 bits per heavy atom. The van der Waals surface area contributed by atoms with Crippen LogP contribution < -0.4 is 0 Å². The Morgan fingerprint density at radius 3 is 2.26 bits per heavy atom. The normalized spacial score (nSPS) is 11.6. The van der Waals surface area contributed by atoms with E-state index in [-0.39, 0.29) is 5.41 Å². The minimum Gasteiger partial charge on any atom is -0.306 e. The van der Waals surface area contributed by atoms with Crippen molar-refractivity contribution in [1.29, 1.82) is 5.26 Å². The molecular weight excluding hydrogens is 232 g/mol. The Kier molecular flexibility index (Phi) is 6.05. The highest BCUT2D eigenvalue weighted by Crippen LogP contribution is 2.22. The van der Waals surface area contributed by atoms with Gasteiger partial charge in [0.25, 0.3) is 0 Å². The summed E-state index contributed by atoms with van der Waals surface area (Å²) in [4.78, 5) is 2.30. The smallest absolute Gasteiger partial charge is 0.0622 e. The Balaban J connectivity index is 2.40. The molecule has 0 unspecified atom stereocenters. The molecule has 0 bridgehead atoms. The first-order valence-corrected chi connectivity index (χ1v) is 7.08. The molecule has 0 aromatic heterocycles. The third kappa shape index (κ3) is 5.89. The number of nitriles is 1. The molecule has 0 atom stereocenters. The molecule has 104 valence electrons. The summed E-state index contributed by atoms with van der Waals surface area (Å²) in [6, 6.07) is 11.2. The maximum absolute atomic E-state index is 8.51. The highest BCUT2D eigenvalue weighted by Gasteiger charge is 2.12. The third-order valence-electron chi connectivity index (χ3n) is 3.43. The molecule has 0 aliphatic carbocycles. The summed E-state index contributed by atoms with van der Waals surface area (Å²) in [6.45, 7) is 8.79. The van der Waals surface area contributed by atoms with Gasteiger partial charge in [-0.3, -0.25) is 0 Å². The summed E-state index contributed by atoms with van der Waals surface area (Å²) in [5.41, 5.74) is 3.01. The van der Waals surface area contributed by atoms with Crippen LogP contribution in [0, 0.1) is 11.3 Å². The predicted molar refractivity (Wildman–Crippen MR) is 81.2 cm³/mol. The highest BCUT2D eigenvalue weighted by molar-refractivity contribution is 5.27. The molecule has 19 heavy (non-hydrogen) atoms. The molecule has 0 aliphatic heterocycles. The van der Waals surface area contributed by atoms with Crippen molar-refractivity contribution in [2.75, 3.05) is 20.1 Å². The lowest BCUT2D eigenvalue weighted by molar-refractivity contribution is 0.335. The van der Waals surface area contributed by atoms with E-state index in [0.717, 1.165) is 25.9 Å². The minimum absolute atomic E-state index is 0.229. The van der Waals surface area contributed by atoms with Gasteiger partial charge in [0.15, 0.2) is 0 Å². The van der Waals surface area contributed by atoms with Crippen molar-refractivity contribution < 1.29 is 0 Å². The van der Waals surface area contributed by atoms with E-state index >= 15 is 0 Å². The lowest BCUT2D eigenvalue weighted by atomic mass is 9.86. The highest BCUT2D eigenvalue weighted by atomic mass is 15.1. The zero-order chi connectivity index (χ0) is 14.3. The molecule has 0 heterocycles. The van der Waals surface area contributed by atoms with E-state index < -0.39 is 0 Å². The van der Waals surface area contributed by atoms with Crippen LogP contribution >= 0.6 is 0 Å². The van der Waals surface area contributed by atoms with Crippen molar-refractivity contribution in [2.24, 2.45) is 0 Å². The molecule has 0 amide bonds. The van der Waals surface area contributed by atoms with Crippen LogP contribution in [0.15, 0.2) is 24.3 Å². The Labute approximate surface area is 118 Å². The molecule has 0 spiro atoms. The monoisotopic (exact) mass is 258 g/mol. The number of benzene rings is 1. The van der Waals surface area contributed by atoms with E-state index in [4.69, 9.17) is 5.26 Å². The summed E-state index contributed by atoms with van der Waals surface area (Å²) in [5.74, 6) is 0. The van der Waals surface area contributed by atoms with E-state index in [2.05, 4.69) is 63.1 Å². The molecule has 1 aromatic rings. The van der Waals surface area contributed by atoms with Crippen molar-refractivity contribution >= 4 is 0 Å². The second kappa shape index (κ2) is 7.31. The number of unbranched alkanes of at least 4 members (excludes halogenated alkanes) is 1. The van der Waals surface area contributed by atoms with Crippen molar-refractivity contribution in [3.8, 4) is 6.07 Å². The lowest BCUT2D eigenvalue weighted by Gasteiger charge is -2.20. The number of hydrogen-bond acceptors (Lipinski definition) is 2. The Hall–Kier alpha value is -1.33. The van der Waals surface area contributed by atoms with Crippen LogP contribution in [0.3, 0.4) is 0 Å². The van der Waals surface area contributed by atoms with Crippen LogP contribution in [-0.2, 0) is 11.8 Å². The van der Waals surface area contributed by atoms with Crippen LogP contribution in [0.5, 0.6) is 0 Å². The Morgan fingerprint density at radius 2 is 1.74 bits per heavy atom. The van der Waals surface area contributed by atoms with Crippen molar-refractivity contribution in [3.05, 3.63) is 35.4 Å². The second-order valence-corrected chi connectivity index (χ2v) is 6.26. The van der Waals surface area contributed by atoms with Crippen LogP contribution in [-0.4, -0.2) is 25.0 Å². The SMILES string of the molecule is CN(CCCC#N)CCc1ccc(C(C)(C)C)cc1. The van der Waals surface area contributed by atoms with Crippen molar-refractivity contribution in [2.45, 2.75) is 45.4 Å². The zero-order valence-corrected chi connectivity index (χ0v) is 12.7. The van der Waals surface area contributed by atoms with Gasteiger partial charge in [-0.15, -0.1) is 0 Å². The first-order chi connectivity index (χ1) is 8.93. The molecule has 2 heteroatoms. The molecule has 0 aliphatic rings. The summed E-state index contributed by atoms with van der Waals surface area (Å²) >= 11 is 0. The van der Waals surface area contributed by atoms with Gasteiger partial charge in [-0.2, -0.15) is 5.26 Å². The molecule has 2 nitrogen and oxygen atoms in total. The maximum Gasteiger partial charge on any atom is 0.0622 e. The molecule has 0 fully saturated rings. The number of likely N-dealkylation sites (N-methyl/N-ethyl adjacent to an activating group) is 1. The first kappa shape index (κ1) is 15.7. The van der Waals surface area contributed by atoms with Gasteiger partial charge in [0, 0.05) is 13.0 Å². The summed E-state index contributed by atoms with van der Waals surface area (Å²) in [7, 11) is 2.13. The van der Waals surface area contributed by atoms with E-state index in [0.29, 0.717) is 6.42 Å². The summed E-state index contributed by atoms with van der Waals surface area (Å²) in [6.07, 6.45) is 2.70. The van der Waals surface area contributed by atoms with E-state index in [1.54, 1.807) is 0 Å². The lowest BCUT2D eigenvalue weighted by Crippen LogP contribution is -2.22. The maximum atomic E-state index is 8.51. The quantitative estimate of drug-likeness (QED) is 0.726. The fourth-order valence-corrected chi connectivity index (χ4v) is 2.03. The van der Waals surface area contributed by atoms with Crippen LogP contribution in [0.4, 0.5) is 0 Å². The predicted octanol–water partition coefficient (Wildman–Crippen LogP) is 3.76. The topological polar surface area (TPSA) is 27.0 Å². The number of hydrogen-bond donors (Lipinski definition) is 0. The van der Waals surface area contributed by atoms with E-state index in [1.807, 2.05) is 0 Å². The van der Waals surface area contributed by atoms with Gasteiger partial charge >= 0.3 is 0 Å². The molecule has 1 rings (SSSR count). The largest absolute Gasteiger partial charge is 0.306 e. The van der Waals surface area contributed by atoms with E-state index in [1.165, 1.54) is 11.1 Å². The average molecular weight is 258 g/mol. The van der Waals surface area contributed by atoms with Gasteiger partial charge in [-0.25, -0.2) is 0 Å². The molecule has 0 saturated heterocycles. The van der Waals surface area contributed by atoms with Crippen molar-refractivity contribution in [1.82, 2.24) is 4.90 Å². The summed E-state index contributed by atoms with van der Waals surface area (Å²) in [5, 5.41) is 8.51. The second-order valence-electron chi connectivity index (χ2n) is 6.26. The van der Waals surface area contributed by atoms with Crippen LogP contribution in [0.25, 0.3) is 0 Å². The fraction of sp³-hybridized carbons (Fsp3) is 0.588. The van der Waals surface area contributed by atoms with Gasteiger partial charge in [0.2, 0.25) is 0 Å². The van der Waals surface area contributed by atoms with Gasteiger partial charge in [0.1, 0.15) is 0 Å². The summed E-state index contributed by atoms with van der Waals surface area (Å²) < 4.78 is 0. The van der Waals surface area contributed by atoms with Gasteiger partial charge < -0.3 is 4.90 Å². The zero-order valence-electron chi connectivity index (χ0n) is 12.7.